The molecule has 2 aromatic carbocycles. The minimum Gasteiger partial charge on any atom is -0.289 e. The van der Waals surface area contributed by atoms with Crippen LogP contribution in [0.2, 0.25) is 0 Å². The van der Waals surface area contributed by atoms with Gasteiger partial charge >= 0.3 is 6.18 Å². The van der Waals surface area contributed by atoms with Gasteiger partial charge < -0.3 is 0 Å². The van der Waals surface area contributed by atoms with Crippen molar-refractivity contribution < 1.29 is 22.4 Å². The lowest BCUT2D eigenvalue weighted by Gasteiger charge is -2.12. The molecule has 0 heterocycles. The van der Waals surface area contributed by atoms with E-state index in [4.69, 9.17) is 0 Å². The van der Waals surface area contributed by atoms with Gasteiger partial charge in [0.15, 0.2) is 5.78 Å². The number of carbonyl (C=O) groups excluding carboxylic acids is 1. The summed E-state index contributed by atoms with van der Waals surface area (Å²) in [6, 6.07) is 6.53. The summed E-state index contributed by atoms with van der Waals surface area (Å²) in [7, 11) is 0. The summed E-state index contributed by atoms with van der Waals surface area (Å²) in [6.07, 6.45) is -4.80. The Hall–Kier alpha value is -1.69. The van der Waals surface area contributed by atoms with Gasteiger partial charge in [-0.25, -0.2) is 4.39 Å². The minimum atomic E-state index is -4.80. The van der Waals surface area contributed by atoms with Crippen molar-refractivity contribution in [1.82, 2.24) is 0 Å². The normalized spacial score (nSPS) is 11.5. The molecule has 0 bridgehead atoms. The van der Waals surface area contributed by atoms with Gasteiger partial charge in [0, 0.05) is 15.6 Å². The second kappa shape index (κ2) is 5.60. The maximum Gasteiger partial charge on any atom is 0.417 e. The van der Waals surface area contributed by atoms with Crippen LogP contribution >= 0.6 is 15.9 Å². The molecule has 0 unspecified atom stereocenters. The summed E-state index contributed by atoms with van der Waals surface area (Å²) < 4.78 is 52.4. The third-order valence-corrected chi connectivity index (χ3v) is 3.82. The van der Waals surface area contributed by atoms with E-state index in [2.05, 4.69) is 15.9 Å². The van der Waals surface area contributed by atoms with Gasteiger partial charge in [-0.1, -0.05) is 28.1 Å². The molecule has 0 aliphatic heterocycles. The first-order valence-corrected chi connectivity index (χ1v) is 6.67. The first kappa shape index (κ1) is 15.7. The molecular formula is C15H9BrF4O. The molecule has 0 N–H and O–H groups in total. The summed E-state index contributed by atoms with van der Waals surface area (Å²) in [5, 5.41) is 0. The number of alkyl halides is 3. The van der Waals surface area contributed by atoms with Crippen molar-refractivity contribution in [2.24, 2.45) is 0 Å². The second-order valence-corrected chi connectivity index (χ2v) is 5.34. The van der Waals surface area contributed by atoms with Crippen molar-refractivity contribution in [3.8, 4) is 0 Å². The minimum absolute atomic E-state index is 0.101. The number of carbonyl (C=O) groups is 1. The number of hydrogen-bond acceptors (Lipinski definition) is 1. The number of hydrogen-bond donors (Lipinski definition) is 0. The lowest BCUT2D eigenvalue weighted by atomic mass is 9.97. The monoisotopic (exact) mass is 360 g/mol. The van der Waals surface area contributed by atoms with Gasteiger partial charge in [0.1, 0.15) is 5.82 Å². The van der Waals surface area contributed by atoms with Crippen LogP contribution in [0.4, 0.5) is 17.6 Å². The summed E-state index contributed by atoms with van der Waals surface area (Å²) in [6.45, 7) is 1.79. The zero-order valence-electron chi connectivity index (χ0n) is 10.8. The maximum atomic E-state index is 13.0. The van der Waals surface area contributed by atoms with E-state index in [9.17, 15) is 22.4 Å². The highest BCUT2D eigenvalue weighted by atomic mass is 79.9. The fourth-order valence-electron chi connectivity index (χ4n) is 1.84. The molecule has 2 aromatic rings. The molecular weight excluding hydrogens is 352 g/mol. The van der Waals surface area contributed by atoms with Crippen molar-refractivity contribution in [1.29, 1.82) is 0 Å². The van der Waals surface area contributed by atoms with E-state index >= 15 is 0 Å². The third kappa shape index (κ3) is 3.32. The zero-order chi connectivity index (χ0) is 15.8. The molecule has 0 aliphatic carbocycles. The van der Waals surface area contributed by atoms with Crippen molar-refractivity contribution in [2.75, 3.05) is 0 Å². The van der Waals surface area contributed by atoms with Crippen molar-refractivity contribution in [3.05, 3.63) is 68.9 Å². The van der Waals surface area contributed by atoms with E-state index < -0.39 is 28.9 Å². The van der Waals surface area contributed by atoms with Crippen LogP contribution in [-0.4, -0.2) is 5.78 Å². The van der Waals surface area contributed by atoms with E-state index in [1.165, 1.54) is 12.1 Å². The molecule has 0 radical (unpaired) electrons. The van der Waals surface area contributed by atoms with Crippen molar-refractivity contribution in [3.63, 3.8) is 0 Å². The highest BCUT2D eigenvalue weighted by molar-refractivity contribution is 9.10. The third-order valence-electron chi connectivity index (χ3n) is 2.97. The molecule has 0 amide bonds. The van der Waals surface area contributed by atoms with E-state index in [0.717, 1.165) is 17.7 Å². The number of aryl methyl sites for hydroxylation is 1. The Kier molecular flexibility index (Phi) is 4.18. The molecule has 0 aliphatic rings. The van der Waals surface area contributed by atoms with Gasteiger partial charge in [-0.15, -0.1) is 0 Å². The first-order valence-electron chi connectivity index (χ1n) is 5.88. The van der Waals surface area contributed by atoms with Gasteiger partial charge in [-0.3, -0.25) is 4.79 Å². The average Bonchev–Trinajstić information content (AvgIpc) is 2.40. The molecule has 0 fully saturated rings. The van der Waals surface area contributed by atoms with Gasteiger partial charge in [0.25, 0.3) is 0 Å². The van der Waals surface area contributed by atoms with Crippen LogP contribution in [0.3, 0.4) is 0 Å². The van der Waals surface area contributed by atoms with Crippen LogP contribution in [-0.2, 0) is 6.18 Å². The fraction of sp³-hybridized carbons (Fsp3) is 0.133. The number of rotatable bonds is 2. The Morgan fingerprint density at radius 2 is 1.76 bits per heavy atom. The van der Waals surface area contributed by atoms with Crippen LogP contribution in [0.25, 0.3) is 0 Å². The van der Waals surface area contributed by atoms with Crippen LogP contribution in [0.15, 0.2) is 40.9 Å². The summed E-state index contributed by atoms with van der Waals surface area (Å²) in [4.78, 5) is 12.2. The number of halogens is 5. The predicted octanol–water partition coefficient (Wildman–Crippen LogP) is 5.15. The molecule has 0 saturated carbocycles. The van der Waals surface area contributed by atoms with Gasteiger partial charge in [0.2, 0.25) is 0 Å². The SMILES string of the molecule is Cc1ccc(C(=O)c2ccc(F)cc2C(F)(F)F)cc1Br. The van der Waals surface area contributed by atoms with Gasteiger partial charge in [-0.05, 0) is 36.8 Å². The molecule has 0 aromatic heterocycles. The molecule has 0 spiro atoms. The fourth-order valence-corrected chi connectivity index (χ4v) is 2.22. The Morgan fingerprint density at radius 1 is 1.10 bits per heavy atom. The Balaban J connectivity index is 2.55. The molecule has 2 rings (SSSR count). The van der Waals surface area contributed by atoms with E-state index in [0.29, 0.717) is 10.5 Å². The van der Waals surface area contributed by atoms with Crippen LogP contribution in [0.1, 0.15) is 27.0 Å². The van der Waals surface area contributed by atoms with E-state index in [-0.39, 0.29) is 5.56 Å². The predicted molar refractivity (Wildman–Crippen MR) is 73.7 cm³/mol. The lowest BCUT2D eigenvalue weighted by Crippen LogP contribution is -2.14. The summed E-state index contributed by atoms with van der Waals surface area (Å²) in [5.41, 5.74) is -0.893. The molecule has 6 heteroatoms. The molecule has 0 saturated heterocycles. The standard InChI is InChI=1S/C15H9BrF4O/c1-8-2-3-9(6-13(8)16)14(21)11-5-4-10(17)7-12(11)15(18,19)20/h2-7H,1H3. The lowest BCUT2D eigenvalue weighted by molar-refractivity contribution is -0.138. The van der Waals surface area contributed by atoms with Gasteiger partial charge in [-0.2, -0.15) is 13.2 Å². The highest BCUT2D eigenvalue weighted by Gasteiger charge is 2.35. The molecule has 110 valence electrons. The topological polar surface area (TPSA) is 17.1 Å². The largest absolute Gasteiger partial charge is 0.417 e. The Bertz CT molecular complexity index is 707. The molecule has 0 atom stereocenters. The maximum absolute atomic E-state index is 13.0. The zero-order valence-corrected chi connectivity index (χ0v) is 12.3. The van der Waals surface area contributed by atoms with E-state index in [1.54, 1.807) is 13.0 Å². The highest BCUT2D eigenvalue weighted by Crippen LogP contribution is 2.33. The number of ketones is 1. The number of benzene rings is 2. The van der Waals surface area contributed by atoms with Crippen LogP contribution < -0.4 is 0 Å². The average molecular weight is 361 g/mol. The van der Waals surface area contributed by atoms with E-state index in [1.807, 2.05) is 0 Å². The molecule has 21 heavy (non-hydrogen) atoms. The van der Waals surface area contributed by atoms with Crippen molar-refractivity contribution >= 4 is 21.7 Å². The van der Waals surface area contributed by atoms with Gasteiger partial charge in [0.05, 0.1) is 5.56 Å². The quantitative estimate of drug-likeness (QED) is 0.534. The summed E-state index contributed by atoms with van der Waals surface area (Å²) >= 11 is 3.22. The Labute approximate surface area is 126 Å². The van der Waals surface area contributed by atoms with Crippen molar-refractivity contribution in [2.45, 2.75) is 13.1 Å². The van der Waals surface area contributed by atoms with Crippen LogP contribution in [0.5, 0.6) is 0 Å². The molecule has 1 nitrogen and oxygen atoms in total. The summed E-state index contributed by atoms with van der Waals surface area (Å²) in [5.74, 6) is -1.84. The smallest absolute Gasteiger partial charge is 0.289 e. The first-order chi connectivity index (χ1) is 9.70. The van der Waals surface area contributed by atoms with Crippen LogP contribution in [0, 0.1) is 12.7 Å². The second-order valence-electron chi connectivity index (χ2n) is 4.48. The Morgan fingerprint density at radius 3 is 2.33 bits per heavy atom.